The average Bonchev–Trinajstić information content (AvgIpc) is 3.62. The highest BCUT2D eigenvalue weighted by molar-refractivity contribution is 5.97. The minimum atomic E-state index is -0.346. The lowest BCUT2D eigenvalue weighted by atomic mass is 10.1. The number of aromatic amines is 2. The number of likely N-dealkylation sites (N-methyl/N-ethyl adjacent to an activating group) is 1. The topological polar surface area (TPSA) is 140 Å². The van der Waals surface area contributed by atoms with Crippen LogP contribution in [0.5, 0.6) is 0 Å². The maximum absolute atomic E-state index is 14.7. The molecule has 43 heavy (non-hydrogen) atoms. The van der Waals surface area contributed by atoms with Gasteiger partial charge in [0.05, 0.1) is 34.5 Å². The molecular weight excluding hydrogens is 547 g/mol. The van der Waals surface area contributed by atoms with Crippen molar-refractivity contribution in [2.45, 2.75) is 12.8 Å². The number of benzene rings is 1. The predicted molar refractivity (Wildman–Crippen MR) is 164 cm³/mol. The Bertz CT molecular complexity index is 1980. The maximum Gasteiger partial charge on any atom is 0.227 e. The van der Waals surface area contributed by atoms with Crippen LogP contribution in [-0.2, 0) is 4.79 Å². The van der Waals surface area contributed by atoms with Gasteiger partial charge in [-0.15, -0.1) is 0 Å². The molecule has 4 N–H and O–H groups in total. The van der Waals surface area contributed by atoms with Crippen LogP contribution in [0.1, 0.15) is 12.8 Å². The van der Waals surface area contributed by atoms with Crippen molar-refractivity contribution in [3.63, 3.8) is 0 Å². The Balaban J connectivity index is 1.23. The van der Waals surface area contributed by atoms with E-state index in [1.807, 2.05) is 32.3 Å². The summed E-state index contributed by atoms with van der Waals surface area (Å²) in [6, 6.07) is 8.72. The lowest BCUT2D eigenvalue weighted by molar-refractivity contribution is -0.117. The van der Waals surface area contributed by atoms with E-state index in [-0.39, 0.29) is 17.6 Å². The monoisotopic (exact) mass is 576 g/mol. The van der Waals surface area contributed by atoms with E-state index in [0.29, 0.717) is 57.2 Å². The van der Waals surface area contributed by atoms with Crippen molar-refractivity contribution in [2.75, 3.05) is 37.8 Å². The molecule has 1 amide bonds. The molecule has 1 aliphatic carbocycles. The van der Waals surface area contributed by atoms with Gasteiger partial charge in [0.1, 0.15) is 11.5 Å². The number of nitrogens with zero attached hydrogens (tertiary/aromatic N) is 6. The van der Waals surface area contributed by atoms with Crippen LogP contribution in [0.25, 0.3) is 55.8 Å². The zero-order valence-corrected chi connectivity index (χ0v) is 23.6. The minimum absolute atomic E-state index is 0.0263. The van der Waals surface area contributed by atoms with Crippen molar-refractivity contribution in [1.29, 1.82) is 0 Å². The molecule has 1 aromatic carbocycles. The highest BCUT2D eigenvalue weighted by Gasteiger charge is 2.29. The largest absolute Gasteiger partial charge is 0.384 e. The molecule has 0 unspecified atom stereocenters. The molecular formula is C31H29FN10O. The van der Waals surface area contributed by atoms with E-state index in [1.54, 1.807) is 31.0 Å². The number of rotatable bonds is 9. The SMILES string of the molecule is CN(C)CCNc1cc(F)cc(-c2cncc3[nH]c(-c4[nH]nc5ncc(-c6cncc(NC(=O)C7CC7)c6)cc45)nc23)c1. The molecule has 6 aromatic rings. The Morgan fingerprint density at radius 2 is 1.79 bits per heavy atom. The molecule has 5 heterocycles. The summed E-state index contributed by atoms with van der Waals surface area (Å²) in [7, 11) is 3.98. The van der Waals surface area contributed by atoms with Crippen LogP contribution in [0.2, 0.25) is 0 Å². The molecule has 0 saturated heterocycles. The Morgan fingerprint density at radius 3 is 2.63 bits per heavy atom. The summed E-state index contributed by atoms with van der Waals surface area (Å²) in [4.78, 5) is 35.8. The van der Waals surface area contributed by atoms with Gasteiger partial charge in [0, 0.05) is 60.0 Å². The smallest absolute Gasteiger partial charge is 0.227 e. The number of imidazole rings is 1. The van der Waals surface area contributed by atoms with Crippen LogP contribution < -0.4 is 10.6 Å². The highest BCUT2D eigenvalue weighted by Crippen LogP contribution is 2.34. The molecule has 0 atom stereocenters. The summed E-state index contributed by atoms with van der Waals surface area (Å²) in [5.41, 5.74) is 6.88. The van der Waals surface area contributed by atoms with Gasteiger partial charge in [0.2, 0.25) is 5.91 Å². The number of aromatic nitrogens is 7. The number of pyridine rings is 3. The Morgan fingerprint density at radius 1 is 0.977 bits per heavy atom. The lowest BCUT2D eigenvalue weighted by Crippen LogP contribution is -2.20. The number of halogens is 1. The van der Waals surface area contributed by atoms with Crippen LogP contribution >= 0.6 is 0 Å². The first-order valence-corrected chi connectivity index (χ1v) is 14.1. The molecule has 0 radical (unpaired) electrons. The van der Waals surface area contributed by atoms with Gasteiger partial charge in [-0.25, -0.2) is 14.4 Å². The first-order chi connectivity index (χ1) is 20.9. The van der Waals surface area contributed by atoms with Crippen LogP contribution in [-0.4, -0.2) is 73.1 Å². The van der Waals surface area contributed by atoms with Gasteiger partial charge in [-0.05, 0) is 62.8 Å². The van der Waals surface area contributed by atoms with Gasteiger partial charge >= 0.3 is 0 Å². The fraction of sp³-hybridized carbons (Fsp3) is 0.226. The van der Waals surface area contributed by atoms with Gasteiger partial charge in [-0.2, -0.15) is 5.10 Å². The number of hydrogen-bond donors (Lipinski definition) is 4. The summed E-state index contributed by atoms with van der Waals surface area (Å²) in [6.07, 6.45) is 10.3. The number of H-pyrrole nitrogens is 2. The zero-order valence-electron chi connectivity index (χ0n) is 23.6. The van der Waals surface area contributed by atoms with Crippen LogP contribution in [0.3, 0.4) is 0 Å². The van der Waals surface area contributed by atoms with Gasteiger partial charge < -0.3 is 20.5 Å². The van der Waals surface area contributed by atoms with Crippen LogP contribution in [0.15, 0.2) is 61.3 Å². The standard InChI is InChI=1S/C31H29FN10O/c1-42(2)6-5-35-22-8-18(7-21(32)11-22)25-15-34-16-26-27(25)39-30(38-26)28-24-10-20(13-36-29(24)41-40-28)19-9-23(14-33-12-19)37-31(43)17-3-4-17/h7-17,35H,3-6H2,1-2H3,(H,37,43)(H,38,39)(H,36,40,41). The van der Waals surface area contributed by atoms with E-state index < -0.39 is 0 Å². The fourth-order valence-electron chi connectivity index (χ4n) is 5.03. The second-order valence-electron chi connectivity index (χ2n) is 11.0. The summed E-state index contributed by atoms with van der Waals surface area (Å²) >= 11 is 0. The quantitative estimate of drug-likeness (QED) is 0.187. The van der Waals surface area contributed by atoms with E-state index >= 15 is 0 Å². The van der Waals surface area contributed by atoms with Crippen LogP contribution in [0, 0.1) is 11.7 Å². The summed E-state index contributed by atoms with van der Waals surface area (Å²) < 4.78 is 14.7. The van der Waals surface area contributed by atoms with Gasteiger partial charge in [-0.1, -0.05) is 0 Å². The van der Waals surface area contributed by atoms with E-state index in [4.69, 9.17) is 4.98 Å². The molecule has 0 aliphatic heterocycles. The van der Waals surface area contributed by atoms with E-state index in [0.717, 1.165) is 35.9 Å². The fourth-order valence-corrected chi connectivity index (χ4v) is 5.03. The minimum Gasteiger partial charge on any atom is -0.384 e. The summed E-state index contributed by atoms with van der Waals surface area (Å²) in [5.74, 6) is 0.331. The molecule has 1 fully saturated rings. The number of amides is 1. The molecule has 1 saturated carbocycles. The third-order valence-corrected chi connectivity index (χ3v) is 7.42. The Kier molecular flexibility index (Phi) is 6.74. The summed E-state index contributed by atoms with van der Waals surface area (Å²) in [6.45, 7) is 1.50. The molecule has 7 rings (SSSR count). The molecule has 0 bridgehead atoms. The third kappa shape index (κ3) is 5.52. The molecule has 1 aliphatic rings. The second-order valence-corrected chi connectivity index (χ2v) is 11.0. The lowest BCUT2D eigenvalue weighted by Gasteiger charge is -2.12. The Hall–Kier alpha value is -5.23. The van der Waals surface area contributed by atoms with Gasteiger partial charge in [0.15, 0.2) is 11.5 Å². The van der Waals surface area contributed by atoms with Crippen molar-refractivity contribution in [3.05, 3.63) is 67.1 Å². The number of nitrogens with one attached hydrogen (secondary N) is 4. The number of carbonyl (C=O) groups excluding carboxylic acids is 1. The van der Waals surface area contributed by atoms with E-state index in [9.17, 15) is 9.18 Å². The number of fused-ring (bicyclic) bond motifs is 2. The number of hydrogen-bond acceptors (Lipinski definition) is 8. The van der Waals surface area contributed by atoms with Crippen LogP contribution in [0.4, 0.5) is 15.8 Å². The first kappa shape index (κ1) is 26.7. The van der Waals surface area contributed by atoms with Gasteiger partial charge in [0.25, 0.3) is 0 Å². The Labute approximate surface area is 246 Å². The number of carbonyl (C=O) groups is 1. The van der Waals surface area contributed by atoms with Crippen molar-refractivity contribution >= 4 is 39.3 Å². The normalized spacial score (nSPS) is 13.2. The maximum atomic E-state index is 14.7. The summed E-state index contributed by atoms with van der Waals surface area (Å²) in [5, 5.41) is 14.4. The molecule has 5 aromatic heterocycles. The second kappa shape index (κ2) is 10.9. The molecule has 12 heteroatoms. The average molecular weight is 577 g/mol. The molecule has 11 nitrogen and oxygen atoms in total. The van der Waals surface area contributed by atoms with E-state index in [2.05, 4.69) is 45.7 Å². The number of anilines is 2. The van der Waals surface area contributed by atoms with Crippen molar-refractivity contribution in [1.82, 2.24) is 40.0 Å². The predicted octanol–water partition coefficient (Wildman–Crippen LogP) is 5.09. The zero-order chi connectivity index (χ0) is 29.5. The molecule has 216 valence electrons. The van der Waals surface area contributed by atoms with Crippen molar-refractivity contribution in [2.24, 2.45) is 5.92 Å². The van der Waals surface area contributed by atoms with Gasteiger partial charge in [-0.3, -0.25) is 19.9 Å². The van der Waals surface area contributed by atoms with Crippen molar-refractivity contribution < 1.29 is 9.18 Å². The first-order valence-electron chi connectivity index (χ1n) is 14.1. The third-order valence-electron chi connectivity index (χ3n) is 7.42. The van der Waals surface area contributed by atoms with E-state index in [1.165, 1.54) is 12.1 Å². The highest BCUT2D eigenvalue weighted by atomic mass is 19.1. The van der Waals surface area contributed by atoms with Crippen molar-refractivity contribution in [3.8, 4) is 33.8 Å². The molecule has 0 spiro atoms.